The second kappa shape index (κ2) is 13.8. The Balaban J connectivity index is 1.99. The summed E-state index contributed by atoms with van der Waals surface area (Å²) in [5.41, 5.74) is 5.68. The van der Waals surface area contributed by atoms with Crippen LogP contribution in [0.15, 0.2) is 18.2 Å². The summed E-state index contributed by atoms with van der Waals surface area (Å²) >= 11 is 0. The van der Waals surface area contributed by atoms with E-state index in [4.69, 9.17) is 15.2 Å². The van der Waals surface area contributed by atoms with Crippen LogP contribution in [0.25, 0.3) is 0 Å². The SMILES string of the molecule is CCc1nc(C(N)=O)c(Nc2cc(F)cc(OCCCNC(=O)[C@H](C)N(C)C(=O)OC(C)(C)C)c2)nc1N(C)C. The van der Waals surface area contributed by atoms with E-state index in [1.165, 1.54) is 24.1 Å². The lowest BCUT2D eigenvalue weighted by Crippen LogP contribution is -2.47. The Morgan fingerprint density at radius 3 is 2.38 bits per heavy atom. The van der Waals surface area contributed by atoms with E-state index in [9.17, 15) is 18.8 Å². The van der Waals surface area contributed by atoms with Crippen LogP contribution in [-0.2, 0) is 16.0 Å². The number of primary amides is 1. The highest BCUT2D eigenvalue weighted by Gasteiger charge is 2.26. The number of amides is 3. The summed E-state index contributed by atoms with van der Waals surface area (Å²) in [5.74, 6) is -0.799. The summed E-state index contributed by atoms with van der Waals surface area (Å²) in [6.45, 7) is 9.19. The largest absolute Gasteiger partial charge is 0.493 e. The summed E-state index contributed by atoms with van der Waals surface area (Å²) < 4.78 is 25.3. The summed E-state index contributed by atoms with van der Waals surface area (Å²) in [4.78, 5) is 48.5. The van der Waals surface area contributed by atoms with E-state index in [0.717, 1.165) is 0 Å². The zero-order chi connectivity index (χ0) is 30.2. The van der Waals surface area contributed by atoms with Gasteiger partial charge >= 0.3 is 6.09 Å². The molecular formula is C27H40FN7O5. The number of aromatic nitrogens is 2. The molecule has 1 aromatic carbocycles. The van der Waals surface area contributed by atoms with E-state index in [1.54, 1.807) is 52.8 Å². The predicted octanol–water partition coefficient (Wildman–Crippen LogP) is 3.23. The predicted molar refractivity (Wildman–Crippen MR) is 151 cm³/mol. The van der Waals surface area contributed by atoms with Crippen molar-refractivity contribution in [2.24, 2.45) is 5.73 Å². The van der Waals surface area contributed by atoms with Gasteiger partial charge in [-0.3, -0.25) is 14.5 Å². The molecule has 2 rings (SSSR count). The quantitative estimate of drug-likeness (QED) is 0.332. The first-order valence-electron chi connectivity index (χ1n) is 12.9. The first-order chi connectivity index (χ1) is 18.6. The molecule has 0 fully saturated rings. The van der Waals surface area contributed by atoms with Crippen LogP contribution in [0, 0.1) is 5.82 Å². The average Bonchev–Trinajstić information content (AvgIpc) is 2.85. The normalized spacial score (nSPS) is 11.8. The monoisotopic (exact) mass is 561 g/mol. The van der Waals surface area contributed by atoms with Crippen LogP contribution in [0.4, 0.5) is 26.5 Å². The Morgan fingerprint density at radius 1 is 1.12 bits per heavy atom. The molecule has 0 radical (unpaired) electrons. The number of benzene rings is 1. The van der Waals surface area contributed by atoms with Crippen molar-refractivity contribution in [2.45, 2.75) is 59.1 Å². The van der Waals surface area contributed by atoms with E-state index in [0.29, 0.717) is 24.4 Å². The molecular weight excluding hydrogens is 521 g/mol. The molecule has 1 atom stereocenters. The molecule has 4 N–H and O–H groups in total. The molecule has 0 saturated carbocycles. The van der Waals surface area contributed by atoms with E-state index >= 15 is 0 Å². The third-order valence-electron chi connectivity index (χ3n) is 5.60. The lowest BCUT2D eigenvalue weighted by molar-refractivity contribution is -0.125. The van der Waals surface area contributed by atoms with Gasteiger partial charge in [0.15, 0.2) is 17.3 Å². The molecule has 12 nitrogen and oxygen atoms in total. The summed E-state index contributed by atoms with van der Waals surface area (Å²) in [7, 11) is 5.09. The Labute approximate surface area is 234 Å². The highest BCUT2D eigenvalue weighted by molar-refractivity contribution is 5.96. The molecule has 13 heteroatoms. The molecule has 0 unspecified atom stereocenters. The van der Waals surface area contributed by atoms with Gasteiger partial charge < -0.3 is 30.7 Å². The number of rotatable bonds is 12. The Bertz CT molecular complexity index is 1220. The molecule has 220 valence electrons. The van der Waals surface area contributed by atoms with Crippen molar-refractivity contribution in [3.8, 4) is 5.75 Å². The van der Waals surface area contributed by atoms with Crippen molar-refractivity contribution in [3.05, 3.63) is 35.4 Å². The van der Waals surface area contributed by atoms with Gasteiger partial charge in [0.2, 0.25) is 5.91 Å². The first-order valence-corrected chi connectivity index (χ1v) is 12.9. The second-order valence-corrected chi connectivity index (χ2v) is 10.4. The molecule has 0 bridgehead atoms. The zero-order valence-electron chi connectivity index (χ0n) is 24.4. The Hall–Kier alpha value is -4.16. The number of nitrogens with two attached hydrogens (primary N) is 1. The minimum Gasteiger partial charge on any atom is -0.493 e. The standard InChI is InChI=1S/C27H40FN7O5/c1-9-20-24(34(6)7)33-23(21(32-20)22(29)36)31-18-13-17(28)14-19(15-18)39-12-10-11-30-25(37)16(2)35(8)26(38)40-27(3,4)5/h13-16H,9-12H2,1-8H3,(H2,29,36)(H,30,37)(H,31,33)/t16-/m0/s1. The van der Waals surface area contributed by atoms with Crippen LogP contribution in [0.5, 0.6) is 5.75 Å². The number of nitrogens with zero attached hydrogens (tertiary/aromatic N) is 4. The van der Waals surface area contributed by atoms with E-state index in [-0.39, 0.29) is 42.0 Å². The number of carbonyl (C=O) groups is 3. The number of hydrogen-bond donors (Lipinski definition) is 3. The smallest absolute Gasteiger partial charge is 0.410 e. The molecule has 2 aromatic rings. The van der Waals surface area contributed by atoms with Crippen molar-refractivity contribution in [1.82, 2.24) is 20.2 Å². The number of hydrogen-bond acceptors (Lipinski definition) is 9. The fourth-order valence-electron chi connectivity index (χ4n) is 3.46. The second-order valence-electron chi connectivity index (χ2n) is 10.4. The lowest BCUT2D eigenvalue weighted by Gasteiger charge is -2.28. The van der Waals surface area contributed by atoms with Crippen LogP contribution in [-0.4, -0.2) is 78.7 Å². The molecule has 0 spiro atoms. The van der Waals surface area contributed by atoms with Crippen molar-refractivity contribution in [3.63, 3.8) is 0 Å². The van der Waals surface area contributed by atoms with Crippen molar-refractivity contribution in [1.29, 1.82) is 0 Å². The topological polar surface area (TPSA) is 152 Å². The van der Waals surface area contributed by atoms with Crippen molar-refractivity contribution in [2.75, 3.05) is 44.5 Å². The van der Waals surface area contributed by atoms with Crippen LogP contribution in [0.3, 0.4) is 0 Å². The van der Waals surface area contributed by atoms with Crippen molar-refractivity contribution >= 4 is 35.2 Å². The Morgan fingerprint density at radius 2 is 1.80 bits per heavy atom. The molecule has 3 amide bonds. The van der Waals surface area contributed by atoms with Gasteiger partial charge in [-0.2, -0.15) is 0 Å². The number of nitrogens with one attached hydrogen (secondary N) is 2. The van der Waals surface area contributed by atoms with E-state index in [1.807, 2.05) is 6.92 Å². The molecule has 0 aliphatic heterocycles. The molecule has 40 heavy (non-hydrogen) atoms. The maximum Gasteiger partial charge on any atom is 0.410 e. The summed E-state index contributed by atoms with van der Waals surface area (Å²) in [6.07, 6.45) is 0.372. The van der Waals surface area contributed by atoms with E-state index in [2.05, 4.69) is 20.6 Å². The summed E-state index contributed by atoms with van der Waals surface area (Å²) in [6, 6.07) is 3.26. The van der Waals surface area contributed by atoms with Gasteiger partial charge in [0, 0.05) is 45.5 Å². The molecule has 1 aromatic heterocycles. The molecule has 0 aliphatic carbocycles. The zero-order valence-corrected chi connectivity index (χ0v) is 24.4. The molecule has 0 aliphatic rings. The summed E-state index contributed by atoms with van der Waals surface area (Å²) in [5, 5.41) is 5.67. The van der Waals surface area contributed by atoms with Gasteiger partial charge in [-0.25, -0.2) is 19.2 Å². The Kier molecular flexibility index (Phi) is 11.0. The molecule has 0 saturated heterocycles. The van der Waals surface area contributed by atoms with Gasteiger partial charge in [-0.05, 0) is 46.6 Å². The highest BCUT2D eigenvalue weighted by Crippen LogP contribution is 2.27. The van der Waals surface area contributed by atoms with Crippen LogP contribution in [0.2, 0.25) is 0 Å². The fourth-order valence-corrected chi connectivity index (χ4v) is 3.46. The number of ether oxygens (including phenoxy) is 2. The maximum atomic E-state index is 14.4. The van der Waals surface area contributed by atoms with Crippen molar-refractivity contribution < 1.29 is 28.2 Å². The number of carbonyl (C=O) groups excluding carboxylic acids is 3. The van der Waals surface area contributed by atoms with Crippen LogP contribution >= 0.6 is 0 Å². The third-order valence-corrected chi connectivity index (χ3v) is 5.60. The van der Waals surface area contributed by atoms with Gasteiger partial charge in [0.05, 0.1) is 12.3 Å². The van der Waals surface area contributed by atoms with Gasteiger partial charge in [0.1, 0.15) is 23.2 Å². The van der Waals surface area contributed by atoms with Crippen LogP contribution in [0.1, 0.15) is 57.2 Å². The average molecular weight is 562 g/mol. The van der Waals surface area contributed by atoms with Gasteiger partial charge in [-0.1, -0.05) is 6.92 Å². The lowest BCUT2D eigenvalue weighted by atomic mass is 10.2. The van der Waals surface area contributed by atoms with Gasteiger partial charge in [-0.15, -0.1) is 0 Å². The fraction of sp³-hybridized carbons (Fsp3) is 0.519. The number of halogens is 1. The molecule has 1 heterocycles. The van der Waals surface area contributed by atoms with E-state index < -0.39 is 29.5 Å². The van der Waals surface area contributed by atoms with Gasteiger partial charge in [0.25, 0.3) is 5.91 Å². The van der Waals surface area contributed by atoms with Crippen LogP contribution < -0.4 is 26.0 Å². The minimum atomic E-state index is -0.767. The highest BCUT2D eigenvalue weighted by atomic mass is 19.1. The maximum absolute atomic E-state index is 14.4. The number of anilines is 3. The number of likely N-dealkylation sites (N-methyl/N-ethyl adjacent to an activating group) is 1. The third kappa shape index (κ3) is 9.24. The minimum absolute atomic E-state index is 0.0588. The first kappa shape index (κ1) is 32.1. The number of aryl methyl sites for hydroxylation is 1.